The van der Waals surface area contributed by atoms with Crippen molar-refractivity contribution in [1.82, 2.24) is 9.80 Å². The van der Waals surface area contributed by atoms with Crippen molar-refractivity contribution in [1.29, 1.82) is 5.26 Å². The molecule has 4 heteroatoms. The predicted octanol–water partition coefficient (Wildman–Crippen LogP) is 1.78. The Balaban J connectivity index is 1.86. The summed E-state index contributed by atoms with van der Waals surface area (Å²) in [5, 5.41) is 9.48. The van der Waals surface area contributed by atoms with Gasteiger partial charge in [-0.1, -0.05) is 37.3 Å². The van der Waals surface area contributed by atoms with E-state index in [4.69, 9.17) is 5.73 Å². The van der Waals surface area contributed by atoms with Gasteiger partial charge in [-0.15, -0.1) is 0 Å². The van der Waals surface area contributed by atoms with E-state index >= 15 is 0 Å². The van der Waals surface area contributed by atoms with Crippen LogP contribution in [0, 0.1) is 11.3 Å². The van der Waals surface area contributed by atoms with Gasteiger partial charge in [0, 0.05) is 32.7 Å². The third-order valence-corrected chi connectivity index (χ3v) is 4.32. The molecular weight excluding hydrogens is 260 g/mol. The lowest BCUT2D eigenvalue weighted by molar-refractivity contribution is 0.127. The Kier molecular flexibility index (Phi) is 5.75. The molecule has 1 aliphatic rings. The summed E-state index contributed by atoms with van der Waals surface area (Å²) in [7, 11) is 0. The van der Waals surface area contributed by atoms with Crippen LogP contribution < -0.4 is 5.73 Å². The molecule has 0 spiro atoms. The van der Waals surface area contributed by atoms with Crippen LogP contribution in [0.3, 0.4) is 0 Å². The van der Waals surface area contributed by atoms with Gasteiger partial charge in [-0.05, 0) is 24.9 Å². The minimum Gasteiger partial charge on any atom is -0.310 e. The summed E-state index contributed by atoms with van der Waals surface area (Å²) in [5.74, 6) is 0. The van der Waals surface area contributed by atoms with Gasteiger partial charge in [0.05, 0.1) is 6.07 Å². The zero-order valence-corrected chi connectivity index (χ0v) is 13.0. The number of nitrogens with zero attached hydrogens (tertiary/aromatic N) is 3. The number of benzene rings is 1. The number of hydrogen-bond acceptors (Lipinski definition) is 4. The fraction of sp³-hybridized carbons (Fsp3) is 0.588. The van der Waals surface area contributed by atoms with Crippen molar-refractivity contribution in [3.63, 3.8) is 0 Å². The molecule has 0 bridgehead atoms. The molecule has 1 saturated heterocycles. The van der Waals surface area contributed by atoms with Crippen molar-refractivity contribution in [3.05, 3.63) is 35.9 Å². The van der Waals surface area contributed by atoms with Gasteiger partial charge in [0.1, 0.15) is 5.54 Å². The molecule has 0 aromatic heterocycles. The molecule has 0 amide bonds. The number of nitrogens with two attached hydrogens (primary N) is 1. The van der Waals surface area contributed by atoms with Crippen LogP contribution in [-0.2, 0) is 5.54 Å². The largest absolute Gasteiger partial charge is 0.310 e. The Labute approximate surface area is 128 Å². The standard InChI is InChI=1S/C17H26N4/c1-2-9-20-11-13-21(14-12-20)10-8-17(19,15-18)16-6-4-3-5-7-16/h3-7H,2,8-14,19H2,1H3. The third kappa shape index (κ3) is 4.28. The minimum absolute atomic E-state index is 0.682. The van der Waals surface area contributed by atoms with Crippen molar-refractivity contribution in [2.45, 2.75) is 25.3 Å². The lowest BCUT2D eigenvalue weighted by Gasteiger charge is -2.35. The van der Waals surface area contributed by atoms with E-state index in [-0.39, 0.29) is 0 Å². The van der Waals surface area contributed by atoms with Crippen molar-refractivity contribution in [2.24, 2.45) is 5.73 Å². The van der Waals surface area contributed by atoms with E-state index in [0.29, 0.717) is 6.42 Å². The van der Waals surface area contributed by atoms with Gasteiger partial charge in [-0.3, -0.25) is 0 Å². The van der Waals surface area contributed by atoms with Crippen molar-refractivity contribution < 1.29 is 0 Å². The Morgan fingerprint density at radius 3 is 2.19 bits per heavy atom. The molecule has 1 aromatic rings. The van der Waals surface area contributed by atoms with E-state index in [9.17, 15) is 5.26 Å². The molecule has 1 heterocycles. The van der Waals surface area contributed by atoms with Gasteiger partial charge in [-0.2, -0.15) is 5.26 Å². The van der Waals surface area contributed by atoms with Gasteiger partial charge in [-0.25, -0.2) is 0 Å². The van der Waals surface area contributed by atoms with Crippen LogP contribution in [0.5, 0.6) is 0 Å². The van der Waals surface area contributed by atoms with Gasteiger partial charge in [0.2, 0.25) is 0 Å². The molecule has 1 atom stereocenters. The quantitative estimate of drug-likeness (QED) is 0.866. The average Bonchev–Trinajstić information content (AvgIpc) is 2.55. The van der Waals surface area contributed by atoms with Crippen LogP contribution in [0.15, 0.2) is 30.3 Å². The zero-order chi connectivity index (χ0) is 15.1. The van der Waals surface area contributed by atoms with Gasteiger partial charge < -0.3 is 15.5 Å². The zero-order valence-electron chi connectivity index (χ0n) is 13.0. The van der Waals surface area contributed by atoms with E-state index in [2.05, 4.69) is 22.8 Å². The van der Waals surface area contributed by atoms with Crippen molar-refractivity contribution in [2.75, 3.05) is 39.3 Å². The highest BCUT2D eigenvalue weighted by molar-refractivity contribution is 5.30. The molecule has 21 heavy (non-hydrogen) atoms. The van der Waals surface area contributed by atoms with Gasteiger partial charge >= 0.3 is 0 Å². The lowest BCUT2D eigenvalue weighted by Crippen LogP contribution is -2.48. The summed E-state index contributed by atoms with van der Waals surface area (Å²) in [6, 6.07) is 12.0. The molecule has 0 saturated carbocycles. The first-order chi connectivity index (χ1) is 10.2. The van der Waals surface area contributed by atoms with Crippen LogP contribution in [-0.4, -0.2) is 49.1 Å². The summed E-state index contributed by atoms with van der Waals surface area (Å²) >= 11 is 0. The van der Waals surface area contributed by atoms with Crippen molar-refractivity contribution in [3.8, 4) is 6.07 Å². The molecule has 114 valence electrons. The number of hydrogen-bond donors (Lipinski definition) is 1. The van der Waals surface area contributed by atoms with E-state index in [0.717, 1.165) is 38.3 Å². The molecule has 1 aliphatic heterocycles. The molecule has 1 unspecified atom stereocenters. The summed E-state index contributed by atoms with van der Waals surface area (Å²) in [6.45, 7) is 8.72. The third-order valence-electron chi connectivity index (χ3n) is 4.32. The first-order valence-corrected chi connectivity index (χ1v) is 7.88. The second-order valence-electron chi connectivity index (χ2n) is 5.88. The summed E-state index contributed by atoms with van der Waals surface area (Å²) in [5.41, 5.74) is 6.35. The average molecular weight is 286 g/mol. The Bertz CT molecular complexity index is 459. The molecule has 4 nitrogen and oxygen atoms in total. The predicted molar refractivity (Wildman–Crippen MR) is 85.7 cm³/mol. The SMILES string of the molecule is CCCN1CCN(CCC(N)(C#N)c2ccccc2)CC1. The first-order valence-electron chi connectivity index (χ1n) is 7.88. The summed E-state index contributed by atoms with van der Waals surface area (Å²) in [4.78, 5) is 4.93. The number of rotatable bonds is 6. The smallest absolute Gasteiger partial charge is 0.131 e. The molecule has 2 N–H and O–H groups in total. The van der Waals surface area contributed by atoms with E-state index in [1.807, 2.05) is 30.3 Å². The molecule has 2 rings (SSSR count). The highest BCUT2D eigenvalue weighted by Crippen LogP contribution is 2.22. The first kappa shape index (κ1) is 16.0. The highest BCUT2D eigenvalue weighted by Gasteiger charge is 2.28. The van der Waals surface area contributed by atoms with E-state index < -0.39 is 5.54 Å². The maximum atomic E-state index is 9.48. The maximum absolute atomic E-state index is 9.48. The van der Waals surface area contributed by atoms with Crippen LogP contribution in [0.1, 0.15) is 25.3 Å². The number of nitriles is 1. The summed E-state index contributed by atoms with van der Waals surface area (Å²) < 4.78 is 0. The molecular formula is C17H26N4. The monoisotopic (exact) mass is 286 g/mol. The van der Waals surface area contributed by atoms with Crippen molar-refractivity contribution >= 4 is 0 Å². The second-order valence-corrected chi connectivity index (χ2v) is 5.88. The molecule has 0 radical (unpaired) electrons. The van der Waals surface area contributed by atoms with Gasteiger partial charge in [0.15, 0.2) is 0 Å². The van der Waals surface area contributed by atoms with E-state index in [1.54, 1.807) is 0 Å². The highest BCUT2D eigenvalue weighted by atomic mass is 15.3. The Hall–Kier alpha value is -1.41. The molecule has 1 aromatic carbocycles. The lowest BCUT2D eigenvalue weighted by atomic mass is 9.89. The van der Waals surface area contributed by atoms with Gasteiger partial charge in [0.25, 0.3) is 0 Å². The fourth-order valence-electron chi connectivity index (χ4n) is 2.89. The normalized spacial score (nSPS) is 19.9. The van der Waals surface area contributed by atoms with E-state index in [1.165, 1.54) is 13.0 Å². The van der Waals surface area contributed by atoms with Crippen LogP contribution in [0.4, 0.5) is 0 Å². The Morgan fingerprint density at radius 1 is 1.10 bits per heavy atom. The fourth-order valence-corrected chi connectivity index (χ4v) is 2.89. The Morgan fingerprint density at radius 2 is 1.67 bits per heavy atom. The van der Waals surface area contributed by atoms with Crippen LogP contribution in [0.2, 0.25) is 0 Å². The second kappa shape index (κ2) is 7.56. The number of piperazine rings is 1. The van der Waals surface area contributed by atoms with Crippen LogP contribution >= 0.6 is 0 Å². The molecule has 1 fully saturated rings. The topological polar surface area (TPSA) is 56.3 Å². The molecule has 0 aliphatic carbocycles. The van der Waals surface area contributed by atoms with Crippen LogP contribution in [0.25, 0.3) is 0 Å². The minimum atomic E-state index is -0.873. The maximum Gasteiger partial charge on any atom is 0.131 e. The summed E-state index contributed by atoms with van der Waals surface area (Å²) in [6.07, 6.45) is 1.90.